The van der Waals surface area contributed by atoms with Crippen LogP contribution in [0.15, 0.2) is 42.7 Å². The molecule has 0 radical (unpaired) electrons. The molecule has 1 aromatic carbocycles. The van der Waals surface area contributed by atoms with E-state index in [-0.39, 0.29) is 24.1 Å². The lowest BCUT2D eigenvalue weighted by atomic mass is 9.98. The number of ether oxygens (including phenoxy) is 2. The first-order valence-electron chi connectivity index (χ1n) is 9.03. The zero-order valence-corrected chi connectivity index (χ0v) is 15.5. The van der Waals surface area contributed by atoms with E-state index >= 15 is 0 Å². The van der Waals surface area contributed by atoms with Gasteiger partial charge in [-0.15, -0.1) is 0 Å². The number of alkyl halides is 3. The summed E-state index contributed by atoms with van der Waals surface area (Å²) in [6.07, 6.45) is -3.09. The molecular formula is C19H21F3N4O2. The van der Waals surface area contributed by atoms with Gasteiger partial charge < -0.3 is 19.7 Å². The predicted molar refractivity (Wildman–Crippen MR) is 96.9 cm³/mol. The molecule has 2 saturated heterocycles. The van der Waals surface area contributed by atoms with E-state index in [9.17, 15) is 13.2 Å². The van der Waals surface area contributed by atoms with Gasteiger partial charge in [-0.1, -0.05) is 18.2 Å². The summed E-state index contributed by atoms with van der Waals surface area (Å²) in [6.45, 7) is 4.83. The number of nitrogens with zero attached hydrogens (tertiary/aromatic N) is 3. The van der Waals surface area contributed by atoms with Crippen molar-refractivity contribution in [3.63, 3.8) is 0 Å². The van der Waals surface area contributed by atoms with Crippen LogP contribution in [0.4, 0.5) is 24.7 Å². The quantitative estimate of drug-likeness (QED) is 0.862. The Hall–Kier alpha value is -2.39. The molecule has 2 fully saturated rings. The maximum absolute atomic E-state index is 13.0. The Morgan fingerprint density at radius 1 is 1.11 bits per heavy atom. The molecule has 0 bridgehead atoms. The minimum Gasteiger partial charge on any atom is -0.367 e. The van der Waals surface area contributed by atoms with Gasteiger partial charge in [0.1, 0.15) is 18.0 Å². The summed E-state index contributed by atoms with van der Waals surface area (Å²) in [5.74, 6) is -0.705. The highest BCUT2D eigenvalue weighted by atomic mass is 19.4. The molecular weight excluding hydrogens is 373 g/mol. The van der Waals surface area contributed by atoms with Gasteiger partial charge in [-0.25, -0.2) is 4.98 Å². The van der Waals surface area contributed by atoms with E-state index in [1.807, 2.05) is 44.2 Å². The molecule has 9 heteroatoms. The lowest BCUT2D eigenvalue weighted by Crippen LogP contribution is -2.57. The van der Waals surface area contributed by atoms with Crippen LogP contribution in [0, 0.1) is 0 Å². The van der Waals surface area contributed by atoms with Crippen molar-refractivity contribution in [3.8, 4) is 0 Å². The van der Waals surface area contributed by atoms with Crippen LogP contribution >= 0.6 is 0 Å². The van der Waals surface area contributed by atoms with Gasteiger partial charge in [-0.3, -0.25) is 4.98 Å². The number of rotatable bonds is 3. The van der Waals surface area contributed by atoms with E-state index in [1.54, 1.807) is 0 Å². The molecule has 2 aliphatic heterocycles. The number of anilines is 2. The van der Waals surface area contributed by atoms with Crippen LogP contribution < -0.4 is 10.2 Å². The first kappa shape index (κ1) is 18.9. The number of piperidine rings is 1. The van der Waals surface area contributed by atoms with E-state index in [0.717, 1.165) is 5.69 Å². The molecule has 150 valence electrons. The van der Waals surface area contributed by atoms with Crippen molar-refractivity contribution < 1.29 is 22.6 Å². The third-order valence-corrected chi connectivity index (χ3v) is 4.82. The summed E-state index contributed by atoms with van der Waals surface area (Å²) < 4.78 is 51.0. The number of halogens is 3. The molecule has 0 spiro atoms. The number of hydrogen-bond donors (Lipinski definition) is 1. The highest BCUT2D eigenvalue weighted by Gasteiger charge is 2.49. The molecule has 4 rings (SSSR count). The molecule has 0 unspecified atom stereocenters. The summed E-state index contributed by atoms with van der Waals surface area (Å²) in [6, 6.07) is 9.47. The Morgan fingerprint density at radius 3 is 2.57 bits per heavy atom. The van der Waals surface area contributed by atoms with E-state index < -0.39 is 17.7 Å². The van der Waals surface area contributed by atoms with Gasteiger partial charge in [-0.05, 0) is 26.0 Å². The molecule has 2 aliphatic rings. The van der Waals surface area contributed by atoms with Crippen LogP contribution in [0.25, 0.3) is 0 Å². The molecule has 0 saturated carbocycles. The number of hydrogen-bond acceptors (Lipinski definition) is 6. The van der Waals surface area contributed by atoms with Crippen molar-refractivity contribution in [1.82, 2.24) is 9.97 Å². The highest BCUT2D eigenvalue weighted by molar-refractivity contribution is 5.48. The van der Waals surface area contributed by atoms with Crippen molar-refractivity contribution in [3.05, 3.63) is 48.4 Å². The second-order valence-corrected chi connectivity index (χ2v) is 7.42. The average Bonchev–Trinajstić information content (AvgIpc) is 2.96. The summed E-state index contributed by atoms with van der Waals surface area (Å²) >= 11 is 0. The normalized spacial score (nSPS) is 26.8. The number of para-hydroxylation sites is 1. The Morgan fingerprint density at radius 2 is 1.86 bits per heavy atom. The van der Waals surface area contributed by atoms with Crippen molar-refractivity contribution in [2.45, 2.75) is 44.1 Å². The fourth-order valence-corrected chi connectivity index (χ4v) is 3.72. The lowest BCUT2D eigenvalue weighted by molar-refractivity contribution is -0.145. The number of nitrogens with one attached hydrogen (secondary N) is 1. The van der Waals surface area contributed by atoms with Crippen LogP contribution in [0.1, 0.15) is 19.5 Å². The van der Waals surface area contributed by atoms with Crippen molar-refractivity contribution >= 4 is 11.5 Å². The molecule has 0 amide bonds. The molecule has 3 atom stereocenters. The van der Waals surface area contributed by atoms with Crippen molar-refractivity contribution in [2.24, 2.45) is 0 Å². The first-order valence-corrected chi connectivity index (χ1v) is 9.03. The predicted octanol–water partition coefficient (Wildman–Crippen LogP) is 3.32. The van der Waals surface area contributed by atoms with Crippen LogP contribution in [0.3, 0.4) is 0 Å². The maximum Gasteiger partial charge on any atom is 0.434 e. The Kier molecular flexibility index (Phi) is 4.67. The second kappa shape index (κ2) is 6.89. The Labute approximate surface area is 160 Å². The zero-order chi connectivity index (χ0) is 19.9. The SMILES string of the molecule is CC1(C)O[C@@H]2[C@@H](Nc3cncc(C(F)(F)F)n3)CN(c3ccccc3)C[C@@H]2O1. The van der Waals surface area contributed by atoms with Gasteiger partial charge in [0, 0.05) is 18.8 Å². The third kappa shape index (κ3) is 3.90. The minimum absolute atomic E-state index is 0.0572. The third-order valence-electron chi connectivity index (χ3n) is 4.82. The van der Waals surface area contributed by atoms with Gasteiger partial charge in [0.15, 0.2) is 11.5 Å². The lowest BCUT2D eigenvalue weighted by Gasteiger charge is -2.40. The van der Waals surface area contributed by atoms with E-state index in [2.05, 4.69) is 20.2 Å². The Balaban J connectivity index is 1.60. The van der Waals surface area contributed by atoms with Gasteiger partial charge in [-0.2, -0.15) is 13.2 Å². The van der Waals surface area contributed by atoms with Crippen molar-refractivity contribution in [2.75, 3.05) is 23.3 Å². The van der Waals surface area contributed by atoms with Crippen molar-refractivity contribution in [1.29, 1.82) is 0 Å². The average molecular weight is 394 g/mol. The molecule has 28 heavy (non-hydrogen) atoms. The van der Waals surface area contributed by atoms with E-state index in [1.165, 1.54) is 6.20 Å². The Bertz CT molecular complexity index is 831. The first-order chi connectivity index (χ1) is 13.2. The largest absolute Gasteiger partial charge is 0.434 e. The van der Waals surface area contributed by atoms with Crippen LogP contribution in [-0.2, 0) is 15.7 Å². The fourth-order valence-electron chi connectivity index (χ4n) is 3.72. The second-order valence-electron chi connectivity index (χ2n) is 7.42. The van der Waals surface area contributed by atoms with Crippen LogP contribution in [0.5, 0.6) is 0 Å². The summed E-state index contributed by atoms with van der Waals surface area (Å²) in [4.78, 5) is 9.48. The summed E-state index contributed by atoms with van der Waals surface area (Å²) in [5, 5.41) is 3.08. The fraction of sp³-hybridized carbons (Fsp3) is 0.474. The van der Waals surface area contributed by atoms with Crippen LogP contribution in [0.2, 0.25) is 0 Å². The monoisotopic (exact) mass is 394 g/mol. The van der Waals surface area contributed by atoms with Gasteiger partial charge >= 0.3 is 6.18 Å². The highest BCUT2D eigenvalue weighted by Crippen LogP contribution is 2.36. The molecule has 2 aromatic rings. The smallest absolute Gasteiger partial charge is 0.367 e. The number of aromatic nitrogens is 2. The number of fused-ring (bicyclic) bond motifs is 1. The van der Waals surface area contributed by atoms with Gasteiger partial charge in [0.25, 0.3) is 0 Å². The van der Waals surface area contributed by atoms with E-state index in [0.29, 0.717) is 19.3 Å². The number of benzene rings is 1. The molecule has 3 heterocycles. The maximum atomic E-state index is 13.0. The topological polar surface area (TPSA) is 59.5 Å². The van der Waals surface area contributed by atoms with Crippen LogP contribution in [-0.4, -0.2) is 47.1 Å². The summed E-state index contributed by atoms with van der Waals surface area (Å²) in [5.41, 5.74) is -0.0233. The minimum atomic E-state index is -4.55. The molecule has 1 aromatic heterocycles. The molecule has 1 N–H and O–H groups in total. The summed E-state index contributed by atoms with van der Waals surface area (Å²) in [7, 11) is 0. The van der Waals surface area contributed by atoms with Gasteiger partial charge in [0.2, 0.25) is 0 Å². The zero-order valence-electron chi connectivity index (χ0n) is 15.5. The van der Waals surface area contributed by atoms with Gasteiger partial charge in [0.05, 0.1) is 18.4 Å². The van der Waals surface area contributed by atoms with E-state index in [4.69, 9.17) is 9.47 Å². The molecule has 6 nitrogen and oxygen atoms in total. The standard InChI is InChI=1S/C19H21F3N4O2/c1-18(2)27-14-11-26(12-6-4-3-5-7-12)10-13(17(14)28-18)24-16-9-23-8-15(25-16)19(20,21)22/h3-9,13-14,17H,10-11H2,1-2H3,(H,24,25)/t13-,14-,17+/m0/s1. The molecule has 0 aliphatic carbocycles.